The lowest BCUT2D eigenvalue weighted by molar-refractivity contribution is 0.475. The summed E-state index contributed by atoms with van der Waals surface area (Å²) in [6.07, 6.45) is 0. The molecule has 5 N–H and O–H groups in total. The third-order valence-corrected chi connectivity index (χ3v) is 4.97. The van der Waals surface area contributed by atoms with E-state index in [9.17, 15) is 9.90 Å². The molecule has 0 saturated carbocycles. The number of benzene rings is 3. The van der Waals surface area contributed by atoms with Gasteiger partial charge in [-0.2, -0.15) is 0 Å². The summed E-state index contributed by atoms with van der Waals surface area (Å²) < 4.78 is 7.38. The fraction of sp³-hybridized carbons (Fsp3) is 0. The minimum absolute atomic E-state index is 0.0358. The van der Waals surface area contributed by atoms with Crippen LogP contribution in [0.2, 0.25) is 0 Å². The molecule has 2 aromatic heterocycles. The molecule has 33 heavy (non-hydrogen) atoms. The number of nitrogen functional groups attached to an aromatic ring is 1. The van der Waals surface area contributed by atoms with Gasteiger partial charge in [-0.05, 0) is 36.4 Å². The van der Waals surface area contributed by atoms with Crippen LogP contribution < -0.4 is 16.2 Å². The van der Waals surface area contributed by atoms with Crippen LogP contribution in [0.1, 0.15) is 5.69 Å². The normalized spacial score (nSPS) is 10.9. The largest absolute Gasteiger partial charge is 0.508 e. The number of hydrogen-bond donors (Lipinski definition) is 4. The third-order valence-electron chi connectivity index (χ3n) is 4.97. The van der Waals surface area contributed by atoms with Gasteiger partial charge in [0.1, 0.15) is 28.5 Å². The van der Waals surface area contributed by atoms with E-state index in [1.165, 1.54) is 16.7 Å². The lowest BCUT2D eigenvalue weighted by Crippen LogP contribution is -2.16. The van der Waals surface area contributed by atoms with Crippen LogP contribution in [0.5, 0.6) is 17.2 Å². The van der Waals surface area contributed by atoms with E-state index in [1.54, 1.807) is 36.4 Å². The van der Waals surface area contributed by atoms with E-state index in [1.807, 2.05) is 30.3 Å². The monoisotopic (exact) mass is 438 g/mol. The Morgan fingerprint density at radius 3 is 2.52 bits per heavy atom. The maximum Gasteiger partial charge on any atom is 0.332 e. The van der Waals surface area contributed by atoms with Gasteiger partial charge >= 0.3 is 5.69 Å². The van der Waals surface area contributed by atoms with E-state index in [4.69, 9.17) is 15.9 Å². The van der Waals surface area contributed by atoms with E-state index >= 15 is 0 Å². The molecule has 162 valence electrons. The number of aromatic hydroxyl groups is 1. The molecule has 9 nitrogen and oxygen atoms in total. The van der Waals surface area contributed by atoms with Crippen molar-refractivity contribution in [2.75, 3.05) is 0 Å². The van der Waals surface area contributed by atoms with Crippen molar-refractivity contribution in [3.63, 3.8) is 0 Å². The topological polar surface area (TPSA) is 143 Å². The van der Waals surface area contributed by atoms with Crippen molar-refractivity contribution in [3.05, 3.63) is 95.0 Å². The molecule has 0 aliphatic carbocycles. The number of rotatable bonds is 5. The molecule has 0 radical (unpaired) electrons. The predicted molar refractivity (Wildman–Crippen MR) is 124 cm³/mol. The van der Waals surface area contributed by atoms with Crippen LogP contribution in [0.4, 0.5) is 0 Å². The van der Waals surface area contributed by atoms with Gasteiger partial charge in [0.25, 0.3) is 0 Å². The van der Waals surface area contributed by atoms with Gasteiger partial charge in [0.05, 0.1) is 5.69 Å². The SMILES string of the molecule is N=C(N)c1nc(-c2cccc(O)c2)nc2c1[nH]c(=O)n2-c1ccccc1Oc1ccccc1. The van der Waals surface area contributed by atoms with Crippen LogP contribution in [-0.2, 0) is 0 Å². The van der Waals surface area contributed by atoms with Crippen LogP contribution >= 0.6 is 0 Å². The quantitative estimate of drug-likeness (QED) is 0.244. The second-order valence-electron chi connectivity index (χ2n) is 7.21. The standard InChI is InChI=1S/C24H18N6O3/c25-21(26)19-20-23(29-22(27-19)14-7-6-8-15(31)13-14)30(24(32)28-20)17-11-4-5-12-18(17)33-16-9-2-1-3-10-16/h1-13,31H,(H3,25,26)(H,28,32). The molecule has 0 atom stereocenters. The summed E-state index contributed by atoms with van der Waals surface area (Å²) in [4.78, 5) is 24.7. The van der Waals surface area contributed by atoms with Crippen molar-refractivity contribution in [3.8, 4) is 34.3 Å². The van der Waals surface area contributed by atoms with Gasteiger partial charge in [-0.3, -0.25) is 5.41 Å². The van der Waals surface area contributed by atoms with Crippen molar-refractivity contribution < 1.29 is 9.84 Å². The summed E-state index contributed by atoms with van der Waals surface area (Å²) in [7, 11) is 0. The summed E-state index contributed by atoms with van der Waals surface area (Å²) in [5.41, 5.74) is 6.78. The number of phenols is 1. The highest BCUT2D eigenvalue weighted by Gasteiger charge is 2.21. The molecule has 0 unspecified atom stereocenters. The minimum Gasteiger partial charge on any atom is -0.508 e. The molecule has 3 aromatic carbocycles. The first-order valence-electron chi connectivity index (χ1n) is 10.00. The number of nitrogens with two attached hydrogens (primary N) is 1. The predicted octanol–water partition coefficient (Wildman–Crippen LogP) is 3.56. The van der Waals surface area contributed by atoms with E-state index in [-0.39, 0.29) is 34.3 Å². The number of phenolic OH excluding ortho intramolecular Hbond substituents is 1. The maximum absolute atomic E-state index is 13.1. The average molecular weight is 438 g/mol. The summed E-state index contributed by atoms with van der Waals surface area (Å²) in [6, 6.07) is 22.6. The van der Waals surface area contributed by atoms with Crippen LogP contribution in [0.3, 0.4) is 0 Å². The fourth-order valence-corrected chi connectivity index (χ4v) is 3.52. The number of ether oxygens (including phenoxy) is 1. The molecule has 9 heteroatoms. The van der Waals surface area contributed by atoms with Gasteiger partial charge in [-0.15, -0.1) is 0 Å². The number of nitrogens with zero attached hydrogens (tertiary/aromatic N) is 3. The summed E-state index contributed by atoms with van der Waals surface area (Å²) in [6.45, 7) is 0. The summed E-state index contributed by atoms with van der Waals surface area (Å²) in [5, 5.41) is 17.9. The molecule has 0 aliphatic heterocycles. The van der Waals surface area contributed by atoms with Gasteiger partial charge in [-0.25, -0.2) is 19.3 Å². The highest BCUT2D eigenvalue weighted by atomic mass is 16.5. The molecule has 0 amide bonds. The highest BCUT2D eigenvalue weighted by Crippen LogP contribution is 2.30. The van der Waals surface area contributed by atoms with Crippen LogP contribution in [0, 0.1) is 5.41 Å². The van der Waals surface area contributed by atoms with Gasteiger partial charge in [0, 0.05) is 5.56 Å². The molecule has 2 heterocycles. The number of aromatic amines is 1. The number of H-pyrrole nitrogens is 1. The zero-order valence-corrected chi connectivity index (χ0v) is 17.2. The van der Waals surface area contributed by atoms with Crippen molar-refractivity contribution in [2.45, 2.75) is 0 Å². The Hall–Kier alpha value is -4.92. The Kier molecular flexibility index (Phi) is 4.83. The molecule has 0 aliphatic rings. The van der Waals surface area contributed by atoms with E-state index in [2.05, 4.69) is 15.0 Å². The number of hydrogen-bond acceptors (Lipinski definition) is 6. The van der Waals surface area contributed by atoms with Gasteiger partial charge < -0.3 is 20.6 Å². The molecule has 5 rings (SSSR count). The Labute approximate surface area is 187 Å². The number of nitrogens with one attached hydrogen (secondary N) is 2. The highest BCUT2D eigenvalue weighted by molar-refractivity contribution is 6.03. The van der Waals surface area contributed by atoms with Crippen LogP contribution in [0.15, 0.2) is 83.7 Å². The summed E-state index contributed by atoms with van der Waals surface area (Å²) in [5.74, 6) is 0.961. The molecule has 0 saturated heterocycles. The molecular weight excluding hydrogens is 420 g/mol. The zero-order chi connectivity index (χ0) is 22.9. The number of imidazole rings is 1. The van der Waals surface area contributed by atoms with E-state index in [0.29, 0.717) is 22.7 Å². The Balaban J connectivity index is 1.76. The third kappa shape index (κ3) is 3.68. The first-order valence-corrected chi connectivity index (χ1v) is 10.00. The maximum atomic E-state index is 13.1. The first-order chi connectivity index (χ1) is 16.0. The molecular formula is C24H18N6O3. The smallest absolute Gasteiger partial charge is 0.332 e. The number of fused-ring (bicyclic) bond motifs is 1. The lowest BCUT2D eigenvalue weighted by atomic mass is 10.2. The van der Waals surface area contributed by atoms with Crippen molar-refractivity contribution in [2.24, 2.45) is 5.73 Å². The Bertz CT molecular complexity index is 1560. The Morgan fingerprint density at radius 1 is 1.00 bits per heavy atom. The number of para-hydroxylation sites is 3. The van der Waals surface area contributed by atoms with Crippen LogP contribution in [0.25, 0.3) is 28.2 Å². The molecule has 0 fully saturated rings. The molecule has 0 spiro atoms. The zero-order valence-electron chi connectivity index (χ0n) is 17.2. The number of amidine groups is 1. The van der Waals surface area contributed by atoms with Crippen molar-refractivity contribution >= 4 is 17.0 Å². The minimum atomic E-state index is -0.487. The fourth-order valence-electron chi connectivity index (χ4n) is 3.52. The second-order valence-corrected chi connectivity index (χ2v) is 7.21. The second kappa shape index (κ2) is 7.97. The van der Waals surface area contributed by atoms with E-state index in [0.717, 1.165) is 0 Å². The molecule has 0 bridgehead atoms. The summed E-state index contributed by atoms with van der Waals surface area (Å²) >= 11 is 0. The van der Waals surface area contributed by atoms with E-state index < -0.39 is 5.69 Å². The molecule has 5 aromatic rings. The van der Waals surface area contributed by atoms with Crippen molar-refractivity contribution in [1.82, 2.24) is 19.5 Å². The van der Waals surface area contributed by atoms with Gasteiger partial charge in [-0.1, -0.05) is 42.5 Å². The average Bonchev–Trinajstić information content (AvgIpc) is 3.15. The number of aromatic nitrogens is 4. The van der Waals surface area contributed by atoms with Gasteiger partial charge in [0.2, 0.25) is 0 Å². The van der Waals surface area contributed by atoms with Crippen LogP contribution in [-0.4, -0.2) is 30.5 Å². The lowest BCUT2D eigenvalue weighted by Gasteiger charge is -2.12. The first kappa shape index (κ1) is 20.0. The van der Waals surface area contributed by atoms with Gasteiger partial charge in [0.15, 0.2) is 17.2 Å². The Morgan fingerprint density at radius 2 is 1.76 bits per heavy atom. The van der Waals surface area contributed by atoms with Crippen molar-refractivity contribution in [1.29, 1.82) is 5.41 Å².